The Morgan fingerprint density at radius 3 is 2.76 bits per heavy atom. The number of hydrogen-bond donors (Lipinski definition) is 1. The van der Waals surface area contributed by atoms with Crippen molar-refractivity contribution >= 4 is 27.3 Å². The normalized spacial score (nSPS) is 9.95. The smallest absolute Gasteiger partial charge is 0.274 e. The minimum Gasteiger partial charge on any atom is -0.380 e. The zero-order valence-corrected chi connectivity index (χ0v) is 12.2. The highest BCUT2D eigenvalue weighted by Crippen LogP contribution is 2.24. The number of halogens is 2. The van der Waals surface area contributed by atoms with E-state index in [1.165, 1.54) is 0 Å². The van der Waals surface area contributed by atoms with Crippen LogP contribution in [0.15, 0.2) is 40.9 Å². The molecule has 0 aliphatic rings. The first kappa shape index (κ1) is 14.9. The van der Waals surface area contributed by atoms with Gasteiger partial charge in [0.1, 0.15) is 11.9 Å². The van der Waals surface area contributed by atoms with Crippen LogP contribution in [0.25, 0.3) is 0 Å². The van der Waals surface area contributed by atoms with E-state index in [1.807, 2.05) is 6.07 Å². The zero-order chi connectivity index (χ0) is 15.4. The quantitative estimate of drug-likeness (QED) is 0.668. The van der Waals surface area contributed by atoms with Crippen LogP contribution < -0.4 is 5.32 Å². The van der Waals surface area contributed by atoms with E-state index >= 15 is 0 Å². The van der Waals surface area contributed by atoms with Crippen LogP contribution >= 0.6 is 15.9 Å². The average Bonchev–Trinajstić information content (AvgIpc) is 2.45. The number of benzene rings is 2. The molecular formula is C14H9BrFN3O2. The molecule has 2 aromatic rings. The summed E-state index contributed by atoms with van der Waals surface area (Å²) in [4.78, 5) is 10.3. The largest absolute Gasteiger partial charge is 0.380 e. The van der Waals surface area contributed by atoms with Crippen LogP contribution in [0.4, 0.5) is 15.8 Å². The second-order valence-corrected chi connectivity index (χ2v) is 5.10. The first-order chi connectivity index (χ1) is 10.0. The molecule has 0 saturated heterocycles. The Kier molecular flexibility index (Phi) is 4.50. The molecule has 0 atom stereocenters. The highest BCUT2D eigenvalue weighted by molar-refractivity contribution is 9.10. The van der Waals surface area contributed by atoms with Crippen LogP contribution in [0, 0.1) is 27.3 Å². The third-order valence-corrected chi connectivity index (χ3v) is 3.30. The van der Waals surface area contributed by atoms with Gasteiger partial charge in [-0.15, -0.1) is 0 Å². The molecule has 0 radical (unpaired) electrons. The lowest BCUT2D eigenvalue weighted by Gasteiger charge is -2.09. The third kappa shape index (κ3) is 3.55. The Morgan fingerprint density at radius 2 is 2.10 bits per heavy atom. The van der Waals surface area contributed by atoms with Crippen LogP contribution in [0.2, 0.25) is 0 Å². The number of nitrogens with zero attached hydrogens (tertiary/aromatic N) is 2. The first-order valence-electron chi connectivity index (χ1n) is 5.87. The number of hydrogen-bond acceptors (Lipinski definition) is 4. The van der Waals surface area contributed by atoms with Crippen molar-refractivity contribution in [3.63, 3.8) is 0 Å². The first-order valence-corrected chi connectivity index (χ1v) is 6.67. The van der Waals surface area contributed by atoms with Crippen molar-refractivity contribution in [2.75, 3.05) is 5.32 Å². The maximum absolute atomic E-state index is 13.2. The minimum atomic E-state index is -0.566. The van der Waals surface area contributed by atoms with Crippen molar-refractivity contribution in [2.24, 2.45) is 0 Å². The Morgan fingerprint density at radius 1 is 1.33 bits per heavy atom. The fourth-order valence-electron chi connectivity index (χ4n) is 1.83. The van der Waals surface area contributed by atoms with Crippen molar-refractivity contribution in [3.05, 3.63) is 67.9 Å². The molecule has 0 heterocycles. The third-order valence-electron chi connectivity index (χ3n) is 2.81. The van der Waals surface area contributed by atoms with Crippen LogP contribution in [-0.2, 0) is 6.54 Å². The van der Waals surface area contributed by atoms with Gasteiger partial charge in [0.15, 0.2) is 0 Å². The summed E-state index contributed by atoms with van der Waals surface area (Å²) >= 11 is 3.26. The molecule has 0 amide bonds. The number of rotatable bonds is 4. The maximum Gasteiger partial charge on any atom is 0.274 e. The minimum absolute atomic E-state index is 0.0460. The topological polar surface area (TPSA) is 79.0 Å². The molecule has 1 N–H and O–H groups in total. The Balaban J connectivity index is 2.27. The second-order valence-electron chi connectivity index (χ2n) is 4.19. The summed E-state index contributed by atoms with van der Waals surface area (Å²) in [7, 11) is 0. The maximum atomic E-state index is 13.2. The molecule has 2 aromatic carbocycles. The van der Waals surface area contributed by atoms with Gasteiger partial charge >= 0.3 is 0 Å². The summed E-state index contributed by atoms with van der Waals surface area (Å²) in [6, 6.07) is 10.3. The van der Waals surface area contributed by atoms with Crippen molar-refractivity contribution in [3.8, 4) is 6.07 Å². The van der Waals surface area contributed by atoms with Gasteiger partial charge in [0.25, 0.3) is 5.69 Å². The van der Waals surface area contributed by atoms with E-state index in [9.17, 15) is 14.5 Å². The van der Waals surface area contributed by atoms with Gasteiger partial charge in [-0.2, -0.15) is 5.26 Å². The van der Waals surface area contributed by atoms with Crippen LogP contribution in [0.1, 0.15) is 11.1 Å². The molecule has 7 heteroatoms. The SMILES string of the molecule is N#Cc1cc(Br)ccc1NCc1cc(F)ccc1[N+](=O)[O-]. The standard InChI is InChI=1S/C14H9BrFN3O2/c15-11-1-3-13(9(5-11)7-17)18-8-10-6-12(16)2-4-14(10)19(20)21/h1-6,18H,8H2. The molecule has 0 spiro atoms. The van der Waals surface area contributed by atoms with Crippen molar-refractivity contribution < 1.29 is 9.31 Å². The molecule has 21 heavy (non-hydrogen) atoms. The molecule has 5 nitrogen and oxygen atoms in total. The van der Waals surface area contributed by atoms with E-state index in [0.29, 0.717) is 11.3 Å². The van der Waals surface area contributed by atoms with E-state index < -0.39 is 10.7 Å². The van der Waals surface area contributed by atoms with E-state index in [4.69, 9.17) is 5.26 Å². The van der Waals surface area contributed by atoms with Gasteiger partial charge in [-0.1, -0.05) is 15.9 Å². The van der Waals surface area contributed by atoms with Gasteiger partial charge < -0.3 is 5.32 Å². The van der Waals surface area contributed by atoms with Crippen LogP contribution in [0.3, 0.4) is 0 Å². The van der Waals surface area contributed by atoms with E-state index in [1.54, 1.807) is 18.2 Å². The number of nitro benzene ring substituents is 1. The van der Waals surface area contributed by atoms with E-state index in [2.05, 4.69) is 21.2 Å². The van der Waals surface area contributed by atoms with E-state index in [-0.39, 0.29) is 17.8 Å². The van der Waals surface area contributed by atoms with Gasteiger partial charge in [-0.3, -0.25) is 10.1 Å². The predicted molar refractivity (Wildman–Crippen MR) is 79.2 cm³/mol. The predicted octanol–water partition coefficient (Wildman–Crippen LogP) is 3.98. The second kappa shape index (κ2) is 6.33. The molecular weight excluding hydrogens is 341 g/mol. The summed E-state index contributed by atoms with van der Waals surface area (Å²) in [6.07, 6.45) is 0. The number of nitriles is 1. The van der Waals surface area contributed by atoms with Crippen molar-refractivity contribution in [1.82, 2.24) is 0 Å². The lowest BCUT2D eigenvalue weighted by Crippen LogP contribution is -2.05. The highest BCUT2D eigenvalue weighted by Gasteiger charge is 2.14. The van der Waals surface area contributed by atoms with Gasteiger partial charge in [0.05, 0.1) is 21.7 Å². The van der Waals surface area contributed by atoms with Crippen molar-refractivity contribution in [1.29, 1.82) is 5.26 Å². The summed E-state index contributed by atoms with van der Waals surface area (Å²) < 4.78 is 14.0. The summed E-state index contributed by atoms with van der Waals surface area (Å²) in [6.45, 7) is 0.0460. The Hall–Kier alpha value is -2.46. The molecule has 2 rings (SSSR count). The molecule has 0 bridgehead atoms. The number of nitro groups is 1. The molecule has 0 fully saturated rings. The molecule has 106 valence electrons. The summed E-state index contributed by atoms with van der Waals surface area (Å²) in [5, 5.41) is 22.9. The Labute approximate surface area is 128 Å². The van der Waals surface area contributed by atoms with Gasteiger partial charge in [-0.25, -0.2) is 4.39 Å². The monoisotopic (exact) mass is 349 g/mol. The van der Waals surface area contributed by atoms with Crippen molar-refractivity contribution in [2.45, 2.75) is 6.54 Å². The summed E-state index contributed by atoms with van der Waals surface area (Å²) in [5.41, 5.74) is 0.967. The van der Waals surface area contributed by atoms with E-state index in [0.717, 1.165) is 22.7 Å². The number of nitrogens with one attached hydrogen (secondary N) is 1. The molecule has 0 aromatic heterocycles. The lowest BCUT2D eigenvalue weighted by atomic mass is 10.1. The average molecular weight is 350 g/mol. The fourth-order valence-corrected chi connectivity index (χ4v) is 2.19. The molecule has 0 aliphatic carbocycles. The van der Waals surface area contributed by atoms with Gasteiger partial charge in [0, 0.05) is 17.1 Å². The lowest BCUT2D eigenvalue weighted by molar-refractivity contribution is -0.385. The summed E-state index contributed by atoms with van der Waals surface area (Å²) in [5.74, 6) is -0.547. The zero-order valence-electron chi connectivity index (χ0n) is 10.6. The van der Waals surface area contributed by atoms with Gasteiger partial charge in [0.2, 0.25) is 0 Å². The van der Waals surface area contributed by atoms with Gasteiger partial charge in [-0.05, 0) is 30.3 Å². The molecule has 0 saturated carbocycles. The number of anilines is 1. The highest BCUT2D eigenvalue weighted by atomic mass is 79.9. The molecule has 0 unspecified atom stereocenters. The van der Waals surface area contributed by atoms with Crippen LogP contribution in [0.5, 0.6) is 0 Å². The van der Waals surface area contributed by atoms with Crippen LogP contribution in [-0.4, -0.2) is 4.92 Å². The molecule has 0 aliphatic heterocycles. The fraction of sp³-hybridized carbons (Fsp3) is 0.0714. The Bertz CT molecular complexity index is 743.